The first-order chi connectivity index (χ1) is 54.8. The van der Waals surface area contributed by atoms with Crippen LogP contribution in [0.1, 0.15) is 95.9 Å². The van der Waals surface area contributed by atoms with Crippen molar-refractivity contribution in [2.75, 3.05) is 253 Å². The Morgan fingerprint density at radius 2 is 0.543 bits per heavy atom. The van der Waals surface area contributed by atoms with Gasteiger partial charge in [0.25, 0.3) is 0 Å². The maximum absolute atomic E-state index is 12.6. The number of nitrogens with zero attached hydrogens (tertiary/aromatic N) is 14. The van der Waals surface area contributed by atoms with Crippen LogP contribution in [0.5, 0.6) is 0 Å². The number of alkyl halides is 2. The molecule has 666 valence electrons. The standard InChI is InChI=1S/C12H20N2O3.3C12H22N2O3.C11H20N2O3.C10H16F2N2O3.C10H18N2O3/c1-12(3-4-12)17-11(15)14-5-9-7-16-8-10(6-14)13(9)2;1-12(2,3)17-11(15)14-5-9-7-16-8-10(6-14)13(9)4;2*1-9(2)6-17-12(15)14-4-10-7-16-8-11(5-14)13(10)3;1-8(2)16-11(14)13-4-9-6-15-7-10(5-13)12(9)3;1-10(11,12)17-9(15)14-3-7-5-16-6-8(4-14)13(7)2;1-3-15-10(13)12-4-8-6-14-7-9(5-12)11(8)2/h9-10H,3-8H2,1-2H3;9-10H,5-8H2,1-4H3;2*9-11H,4-8H2,1-3H3;8-10H,4-7H2,1-3H3;7-8H,3-6H2,1-2H3;8-9H,3-7H2,1-2H3. The summed E-state index contributed by atoms with van der Waals surface area (Å²) in [5, 5.41) is 0. The van der Waals surface area contributed by atoms with Crippen molar-refractivity contribution in [2.24, 2.45) is 11.8 Å². The zero-order valence-electron chi connectivity index (χ0n) is 72.7. The molecule has 1 aliphatic carbocycles. The summed E-state index contributed by atoms with van der Waals surface area (Å²) in [5.74, 6) is 0.767. The lowest BCUT2D eigenvalue weighted by Crippen LogP contribution is -2.64. The molecular weight excluding hydrogens is 1520 g/mol. The van der Waals surface area contributed by atoms with Gasteiger partial charge in [-0.2, -0.15) is 8.78 Å². The fourth-order valence-corrected chi connectivity index (χ4v) is 16.0. The van der Waals surface area contributed by atoms with E-state index in [1.165, 1.54) is 4.90 Å². The van der Waals surface area contributed by atoms with Gasteiger partial charge >= 0.3 is 48.8 Å². The van der Waals surface area contributed by atoms with Crippen molar-refractivity contribution in [1.82, 2.24) is 68.6 Å². The molecule has 14 heterocycles. The first-order valence-electron chi connectivity index (χ1n) is 41.9. The van der Waals surface area contributed by atoms with Gasteiger partial charge in [0.2, 0.25) is 0 Å². The number of carbonyl (C=O) groups is 7. The summed E-state index contributed by atoms with van der Waals surface area (Å²) in [4.78, 5) is 111. The molecule has 14 saturated heterocycles. The lowest BCUT2D eigenvalue weighted by Gasteiger charge is -2.47. The van der Waals surface area contributed by atoms with Gasteiger partial charge in [-0.3, -0.25) is 34.3 Å². The Morgan fingerprint density at radius 1 is 0.336 bits per heavy atom. The summed E-state index contributed by atoms with van der Waals surface area (Å²) < 4.78 is 99.3. The second-order valence-electron chi connectivity index (χ2n) is 36.0. The average Bonchev–Trinajstić information content (AvgIpc) is 1.57. The molecule has 14 aliphatic heterocycles. The van der Waals surface area contributed by atoms with E-state index in [2.05, 4.69) is 81.3 Å². The minimum atomic E-state index is -3.42. The highest BCUT2D eigenvalue weighted by Crippen LogP contribution is 2.40. The van der Waals surface area contributed by atoms with E-state index < -0.39 is 17.8 Å². The summed E-state index contributed by atoms with van der Waals surface area (Å²) in [6, 6.07) is 3.88. The van der Waals surface area contributed by atoms with Crippen LogP contribution in [0.4, 0.5) is 42.3 Å². The Morgan fingerprint density at radius 3 is 0.741 bits per heavy atom. The van der Waals surface area contributed by atoms with Crippen molar-refractivity contribution in [1.29, 1.82) is 0 Å². The van der Waals surface area contributed by atoms with Gasteiger partial charge in [0.1, 0.15) is 11.2 Å². The van der Waals surface area contributed by atoms with E-state index in [9.17, 15) is 42.3 Å². The van der Waals surface area contributed by atoms with Crippen LogP contribution in [-0.2, 0) is 66.3 Å². The van der Waals surface area contributed by atoms with Crippen LogP contribution in [0.2, 0.25) is 0 Å². The Labute approximate surface area is 686 Å². The zero-order chi connectivity index (χ0) is 84.7. The summed E-state index contributed by atoms with van der Waals surface area (Å²) in [5.41, 5.74) is -0.599. The number of hydrogen-bond acceptors (Lipinski definition) is 28. The lowest BCUT2D eigenvalue weighted by atomic mass is 10.1. The van der Waals surface area contributed by atoms with Crippen LogP contribution >= 0.6 is 0 Å². The van der Waals surface area contributed by atoms with Gasteiger partial charge in [0.15, 0.2) is 0 Å². The zero-order valence-corrected chi connectivity index (χ0v) is 72.7. The molecule has 37 heteroatoms. The molecular formula is C79H140F2N14O21. The van der Waals surface area contributed by atoms with Gasteiger partial charge in [-0.15, -0.1) is 0 Å². The number of piperazine rings is 7. The number of halogens is 2. The van der Waals surface area contributed by atoms with Gasteiger partial charge in [0, 0.05) is 98.6 Å². The smallest absolute Gasteiger partial charge is 0.414 e. The molecule has 14 unspecified atom stereocenters. The molecule has 0 N–H and O–H groups in total. The normalized spacial score (nSPS) is 31.0. The van der Waals surface area contributed by atoms with Gasteiger partial charge in [0.05, 0.1) is 203 Å². The number of hydrogen-bond donors (Lipinski definition) is 0. The summed E-state index contributed by atoms with van der Waals surface area (Å²) in [6.07, 6.45) is -3.52. The summed E-state index contributed by atoms with van der Waals surface area (Å²) in [7, 11) is 14.6. The lowest BCUT2D eigenvalue weighted by molar-refractivity contribution is -0.192. The fraction of sp³-hybridized carbons (Fsp3) is 0.911. The molecule has 0 radical (unpaired) electrons. The highest BCUT2D eigenvalue weighted by Gasteiger charge is 2.48. The Hall–Kier alpha value is -5.81. The number of morpholine rings is 7. The van der Waals surface area contributed by atoms with Crippen LogP contribution in [0.25, 0.3) is 0 Å². The van der Waals surface area contributed by atoms with Crippen LogP contribution < -0.4 is 0 Å². The Kier molecular flexibility index (Phi) is 34.5. The molecule has 14 atom stereocenters. The van der Waals surface area contributed by atoms with Crippen molar-refractivity contribution in [2.45, 2.75) is 204 Å². The quantitative estimate of drug-likeness (QED) is 0.298. The second kappa shape index (κ2) is 42.6. The van der Waals surface area contributed by atoms with Gasteiger partial charge in [-0.1, -0.05) is 27.7 Å². The molecule has 0 spiro atoms. The Bertz CT molecular complexity index is 2860. The van der Waals surface area contributed by atoms with Crippen molar-refractivity contribution in [3.05, 3.63) is 0 Å². The maximum Gasteiger partial charge on any atom is 0.414 e. The van der Waals surface area contributed by atoms with E-state index >= 15 is 0 Å². The maximum atomic E-state index is 12.6. The molecule has 116 heavy (non-hydrogen) atoms. The number of likely N-dealkylation sites (N-methyl/N-ethyl adjacent to an activating group) is 7. The largest absolute Gasteiger partial charge is 0.450 e. The third kappa shape index (κ3) is 27.4. The first kappa shape index (κ1) is 94.0. The molecule has 35 nitrogen and oxygen atoms in total. The van der Waals surface area contributed by atoms with Crippen LogP contribution in [0, 0.1) is 11.8 Å². The third-order valence-electron chi connectivity index (χ3n) is 23.9. The number of ether oxygens (including phenoxy) is 14. The van der Waals surface area contributed by atoms with Crippen molar-refractivity contribution >= 4 is 42.7 Å². The van der Waals surface area contributed by atoms with Gasteiger partial charge < -0.3 is 101 Å². The van der Waals surface area contributed by atoms with E-state index in [4.69, 9.17) is 61.6 Å². The molecule has 0 aromatic carbocycles. The molecule has 15 fully saturated rings. The van der Waals surface area contributed by atoms with E-state index in [1.54, 1.807) is 9.80 Å². The first-order valence-corrected chi connectivity index (χ1v) is 41.9. The van der Waals surface area contributed by atoms with Crippen LogP contribution in [-0.4, -0.2) is 473 Å². The highest BCUT2D eigenvalue weighted by atomic mass is 19.3. The predicted molar refractivity (Wildman–Crippen MR) is 423 cm³/mol. The molecule has 1 saturated carbocycles. The van der Waals surface area contributed by atoms with Crippen LogP contribution in [0.15, 0.2) is 0 Å². The van der Waals surface area contributed by atoms with Crippen molar-refractivity contribution in [3.63, 3.8) is 0 Å². The van der Waals surface area contributed by atoms with E-state index in [0.29, 0.717) is 282 Å². The minimum Gasteiger partial charge on any atom is -0.450 e. The molecule has 0 aromatic rings. The number of amides is 7. The van der Waals surface area contributed by atoms with Gasteiger partial charge in [-0.05, 0) is 122 Å². The Balaban J connectivity index is 0.000000155. The third-order valence-corrected chi connectivity index (χ3v) is 23.9. The van der Waals surface area contributed by atoms with Crippen molar-refractivity contribution < 1.29 is 109 Å². The molecule has 15 rings (SSSR count). The average molecular weight is 1660 g/mol. The number of rotatable bonds is 8. The van der Waals surface area contributed by atoms with Crippen LogP contribution in [0.3, 0.4) is 0 Å². The number of carbonyl (C=O) groups excluding carboxylic acids is 7. The summed E-state index contributed by atoms with van der Waals surface area (Å²) in [6.45, 7) is 42.2. The molecule has 0 aromatic heterocycles. The minimum absolute atomic E-state index is 0.0525. The molecule has 7 amide bonds. The molecule has 15 aliphatic rings. The van der Waals surface area contributed by atoms with Crippen molar-refractivity contribution in [3.8, 4) is 0 Å². The number of fused-ring (bicyclic) bond motifs is 14. The second-order valence-corrected chi connectivity index (χ2v) is 36.0. The monoisotopic (exact) mass is 1660 g/mol. The predicted octanol–water partition coefficient (Wildman–Crippen LogP) is 4.67. The topological polar surface area (TPSA) is 294 Å². The van der Waals surface area contributed by atoms with E-state index in [1.807, 2.05) is 103 Å². The highest BCUT2D eigenvalue weighted by molar-refractivity contribution is 5.71. The summed E-state index contributed by atoms with van der Waals surface area (Å²) >= 11 is 0. The van der Waals surface area contributed by atoms with E-state index in [0.717, 1.165) is 25.9 Å². The van der Waals surface area contributed by atoms with E-state index in [-0.39, 0.29) is 60.3 Å². The van der Waals surface area contributed by atoms with Gasteiger partial charge in [-0.25, -0.2) is 33.6 Å². The molecule has 14 bridgehead atoms. The SMILES string of the molecule is CC(C)COC(=O)N1CC2COCC(C1)N2C.CC(C)COC(=O)N1CC2COCC(C1)N2C.CC(C)OC(=O)N1CC2COCC(C1)N2C.CCOC(=O)N1CC2COCC(C1)N2C.CN1C2COCC1CN(C(=O)OC(C)(C)C)C2.CN1C2COCC1CN(C(=O)OC(C)(F)F)C2.CN1C2COCC1CN(C(=O)OC1(C)CC1)C2. The fourth-order valence-electron chi connectivity index (χ4n) is 16.0.